The van der Waals surface area contributed by atoms with E-state index in [0.29, 0.717) is 4.75 Å². The van der Waals surface area contributed by atoms with Gasteiger partial charge in [0.25, 0.3) is 0 Å². The van der Waals surface area contributed by atoms with Crippen molar-refractivity contribution in [2.24, 2.45) is 0 Å². The molecule has 64 valence electrons. The number of thioether (sulfide) groups is 1. The molecule has 2 fully saturated rings. The van der Waals surface area contributed by atoms with Gasteiger partial charge in [-0.3, -0.25) is 0 Å². The molecule has 0 radical (unpaired) electrons. The average Bonchev–Trinajstić information content (AvgIpc) is 1.82. The second-order valence-electron chi connectivity index (χ2n) is 3.77. The monoisotopic (exact) mass is 171 g/mol. The predicted octanol–water partition coefficient (Wildman–Crippen LogP) is 2.03. The zero-order chi connectivity index (χ0) is 7.57. The van der Waals surface area contributed by atoms with Gasteiger partial charge in [0.05, 0.1) is 0 Å². The molecule has 0 saturated carbocycles. The van der Waals surface area contributed by atoms with Gasteiger partial charge in [0.1, 0.15) is 0 Å². The van der Waals surface area contributed by atoms with Crippen LogP contribution in [0.25, 0.3) is 0 Å². The molecule has 0 bridgehead atoms. The molecule has 0 amide bonds. The van der Waals surface area contributed by atoms with Crippen molar-refractivity contribution < 1.29 is 0 Å². The lowest BCUT2D eigenvalue weighted by Gasteiger charge is -2.42. The van der Waals surface area contributed by atoms with Gasteiger partial charge in [-0.25, -0.2) is 0 Å². The van der Waals surface area contributed by atoms with Crippen LogP contribution in [0, 0.1) is 0 Å². The molecule has 0 aromatic carbocycles. The summed E-state index contributed by atoms with van der Waals surface area (Å²) in [6.07, 6.45) is 7.22. The van der Waals surface area contributed by atoms with Crippen molar-refractivity contribution in [3.8, 4) is 0 Å². The first-order chi connectivity index (χ1) is 5.41. The molecule has 1 N–H and O–H groups in total. The van der Waals surface area contributed by atoms with Crippen LogP contribution < -0.4 is 5.32 Å². The molecule has 1 unspecified atom stereocenters. The maximum Gasteiger partial charge on any atom is 0.0292 e. The summed E-state index contributed by atoms with van der Waals surface area (Å²) < 4.78 is 0.681. The van der Waals surface area contributed by atoms with E-state index >= 15 is 0 Å². The minimum atomic E-state index is 0.681. The molecule has 1 spiro atoms. The summed E-state index contributed by atoms with van der Waals surface area (Å²) in [6.45, 7) is 2.53. The molecule has 2 rings (SSSR count). The smallest absolute Gasteiger partial charge is 0.0292 e. The Morgan fingerprint density at radius 1 is 1.09 bits per heavy atom. The Bertz CT molecular complexity index is 122. The van der Waals surface area contributed by atoms with E-state index in [1.165, 1.54) is 50.9 Å². The normalized spacial score (nSPS) is 39.3. The van der Waals surface area contributed by atoms with Crippen LogP contribution in [0.5, 0.6) is 0 Å². The van der Waals surface area contributed by atoms with E-state index in [9.17, 15) is 0 Å². The highest BCUT2D eigenvalue weighted by Gasteiger charge is 2.37. The SMILES string of the molecule is C1CCNCC2(CC1)CCS2. The maximum absolute atomic E-state index is 3.56. The van der Waals surface area contributed by atoms with E-state index in [0.717, 1.165) is 0 Å². The van der Waals surface area contributed by atoms with E-state index in [1.54, 1.807) is 0 Å². The molecule has 2 saturated heterocycles. The van der Waals surface area contributed by atoms with Gasteiger partial charge < -0.3 is 5.32 Å². The Hall–Kier alpha value is 0.310. The summed E-state index contributed by atoms with van der Waals surface area (Å²) in [7, 11) is 0. The lowest BCUT2D eigenvalue weighted by Crippen LogP contribution is -2.45. The minimum Gasteiger partial charge on any atom is -0.315 e. The van der Waals surface area contributed by atoms with Crippen LogP contribution in [0.15, 0.2) is 0 Å². The van der Waals surface area contributed by atoms with Gasteiger partial charge in [0.15, 0.2) is 0 Å². The summed E-state index contributed by atoms with van der Waals surface area (Å²) in [5.41, 5.74) is 0. The average molecular weight is 171 g/mol. The lowest BCUT2D eigenvalue weighted by atomic mass is 9.94. The molecule has 1 nitrogen and oxygen atoms in total. The maximum atomic E-state index is 3.56. The Kier molecular flexibility index (Phi) is 2.42. The molecule has 0 aromatic rings. The second-order valence-corrected chi connectivity index (χ2v) is 5.33. The van der Waals surface area contributed by atoms with Crippen molar-refractivity contribution in [2.75, 3.05) is 18.8 Å². The molecule has 11 heavy (non-hydrogen) atoms. The summed E-state index contributed by atoms with van der Waals surface area (Å²) in [5, 5.41) is 3.56. The molecule has 2 aliphatic heterocycles. The van der Waals surface area contributed by atoms with E-state index in [4.69, 9.17) is 0 Å². The highest BCUT2D eigenvalue weighted by Crippen LogP contribution is 2.44. The van der Waals surface area contributed by atoms with E-state index < -0.39 is 0 Å². The Morgan fingerprint density at radius 3 is 2.73 bits per heavy atom. The van der Waals surface area contributed by atoms with Crippen molar-refractivity contribution in [1.29, 1.82) is 0 Å². The largest absolute Gasteiger partial charge is 0.315 e. The summed E-state index contributed by atoms with van der Waals surface area (Å²) in [5.74, 6) is 1.40. The first-order valence-corrected chi connectivity index (χ1v) is 5.75. The fraction of sp³-hybridized carbons (Fsp3) is 1.00. The third-order valence-corrected chi connectivity index (χ3v) is 4.47. The molecule has 1 atom stereocenters. The van der Waals surface area contributed by atoms with Crippen LogP contribution in [-0.4, -0.2) is 23.6 Å². The highest BCUT2D eigenvalue weighted by atomic mass is 32.2. The first kappa shape index (κ1) is 7.93. The van der Waals surface area contributed by atoms with Crippen LogP contribution in [0.4, 0.5) is 0 Å². The molecular weight excluding hydrogens is 154 g/mol. The topological polar surface area (TPSA) is 12.0 Å². The zero-order valence-electron chi connectivity index (χ0n) is 7.07. The van der Waals surface area contributed by atoms with E-state index in [1.807, 2.05) is 0 Å². The third-order valence-electron chi connectivity index (χ3n) is 2.90. The fourth-order valence-corrected chi connectivity index (χ4v) is 3.28. The molecule has 2 heteroatoms. The summed E-state index contributed by atoms with van der Waals surface area (Å²) in [6, 6.07) is 0. The standard InChI is InChI=1S/C9H17NS/c1-2-4-9(5-7-11-9)8-10-6-3-1/h10H,1-8H2. The predicted molar refractivity (Wildman–Crippen MR) is 51.1 cm³/mol. The van der Waals surface area contributed by atoms with Crippen molar-refractivity contribution in [3.05, 3.63) is 0 Å². The van der Waals surface area contributed by atoms with Gasteiger partial charge in [0.2, 0.25) is 0 Å². The summed E-state index contributed by atoms with van der Waals surface area (Å²) in [4.78, 5) is 0. The minimum absolute atomic E-state index is 0.681. The first-order valence-electron chi connectivity index (χ1n) is 4.76. The van der Waals surface area contributed by atoms with Crippen molar-refractivity contribution in [2.45, 2.75) is 36.9 Å². The van der Waals surface area contributed by atoms with Gasteiger partial charge in [0, 0.05) is 11.3 Å². The van der Waals surface area contributed by atoms with E-state index in [-0.39, 0.29) is 0 Å². The van der Waals surface area contributed by atoms with Crippen molar-refractivity contribution >= 4 is 11.8 Å². The Morgan fingerprint density at radius 2 is 2.00 bits per heavy atom. The molecule has 0 aliphatic carbocycles. The van der Waals surface area contributed by atoms with Gasteiger partial charge in [-0.05, 0) is 31.6 Å². The molecule has 2 heterocycles. The Balaban J connectivity index is 1.86. The number of rotatable bonds is 0. The molecular formula is C9H17NS. The zero-order valence-corrected chi connectivity index (χ0v) is 7.88. The van der Waals surface area contributed by atoms with Crippen LogP contribution >= 0.6 is 11.8 Å². The Labute approximate surface area is 73.3 Å². The third kappa shape index (κ3) is 1.73. The number of hydrogen-bond donors (Lipinski definition) is 1. The van der Waals surface area contributed by atoms with Crippen LogP contribution in [0.1, 0.15) is 32.1 Å². The number of nitrogens with one attached hydrogen (secondary N) is 1. The van der Waals surface area contributed by atoms with Crippen LogP contribution in [-0.2, 0) is 0 Å². The number of hydrogen-bond acceptors (Lipinski definition) is 2. The van der Waals surface area contributed by atoms with Gasteiger partial charge in [-0.2, -0.15) is 11.8 Å². The molecule has 0 aromatic heterocycles. The van der Waals surface area contributed by atoms with Crippen molar-refractivity contribution in [1.82, 2.24) is 5.32 Å². The van der Waals surface area contributed by atoms with Crippen LogP contribution in [0.3, 0.4) is 0 Å². The second kappa shape index (κ2) is 3.36. The fourth-order valence-electron chi connectivity index (χ4n) is 2.01. The summed E-state index contributed by atoms with van der Waals surface area (Å²) >= 11 is 2.19. The van der Waals surface area contributed by atoms with Crippen molar-refractivity contribution in [3.63, 3.8) is 0 Å². The van der Waals surface area contributed by atoms with Gasteiger partial charge in [-0.1, -0.05) is 12.8 Å². The quantitative estimate of drug-likeness (QED) is 0.598. The van der Waals surface area contributed by atoms with Gasteiger partial charge in [-0.15, -0.1) is 0 Å². The highest BCUT2D eigenvalue weighted by molar-refractivity contribution is 8.02. The molecule has 2 aliphatic rings. The van der Waals surface area contributed by atoms with Crippen LogP contribution in [0.2, 0.25) is 0 Å². The van der Waals surface area contributed by atoms with E-state index in [2.05, 4.69) is 17.1 Å². The lowest BCUT2D eigenvalue weighted by molar-refractivity contribution is 0.405. The van der Waals surface area contributed by atoms with Gasteiger partial charge >= 0.3 is 0 Å².